The van der Waals surface area contributed by atoms with E-state index in [1.165, 1.54) is 0 Å². The van der Waals surface area contributed by atoms with Crippen molar-refractivity contribution >= 4 is 22.1 Å². The maximum atomic E-state index is 13.5. The van der Waals surface area contributed by atoms with Crippen molar-refractivity contribution in [1.82, 2.24) is 0 Å². The van der Waals surface area contributed by atoms with Gasteiger partial charge in [-0.1, -0.05) is 0 Å². The second kappa shape index (κ2) is 3.69. The fourth-order valence-corrected chi connectivity index (χ4v) is 1.57. The molecule has 0 amide bonds. The van der Waals surface area contributed by atoms with Crippen LogP contribution in [0.3, 0.4) is 0 Å². The Kier molecular flexibility index (Phi) is 2.53. The quantitative estimate of drug-likeness (QED) is 0.333. The molecule has 18 heavy (non-hydrogen) atoms. The molecular weight excluding hydrogens is 262 g/mol. The highest BCUT2D eigenvalue weighted by molar-refractivity contribution is 5.97. The predicted molar refractivity (Wildman–Crippen MR) is 52.5 cm³/mol. The molecule has 2 nitrogen and oxygen atoms in total. The maximum Gasteiger partial charge on any atom is 0.197 e. The summed E-state index contributed by atoms with van der Waals surface area (Å²) in [7, 11) is 0. The predicted octanol–water partition coefficient (Wildman–Crippen LogP) is 2.84. The molecule has 0 saturated carbocycles. The van der Waals surface area contributed by atoms with Crippen molar-refractivity contribution in [2.24, 2.45) is 0 Å². The normalized spacial score (nSPS) is 11.2. The highest BCUT2D eigenvalue weighted by atomic mass is 19.2. The molecule has 0 radical (unpaired) electrons. The third-order valence-electron chi connectivity index (χ3n) is 2.47. The molecule has 0 heterocycles. The molecule has 0 aliphatic rings. The number of nitrogens with two attached hydrogens (primary N) is 2. The zero-order valence-electron chi connectivity index (χ0n) is 8.42. The molecule has 4 N–H and O–H groups in total. The molecular formula is C10H4F6N2. The van der Waals surface area contributed by atoms with E-state index in [-0.39, 0.29) is 0 Å². The van der Waals surface area contributed by atoms with Gasteiger partial charge in [-0.25, -0.2) is 26.3 Å². The number of hydrogen-bond acceptors (Lipinski definition) is 2. The van der Waals surface area contributed by atoms with Crippen molar-refractivity contribution in [2.45, 2.75) is 0 Å². The first kappa shape index (κ1) is 12.3. The summed E-state index contributed by atoms with van der Waals surface area (Å²) in [6, 6.07) is 0. The molecule has 0 fully saturated rings. The highest BCUT2D eigenvalue weighted by Gasteiger charge is 2.28. The van der Waals surface area contributed by atoms with E-state index in [4.69, 9.17) is 11.5 Å². The van der Waals surface area contributed by atoms with E-state index < -0.39 is 57.1 Å². The lowest BCUT2D eigenvalue weighted by Gasteiger charge is -2.11. The summed E-state index contributed by atoms with van der Waals surface area (Å²) in [5.74, 6) is -11.6. The molecule has 2 aromatic carbocycles. The Labute approximate surface area is 95.8 Å². The second-order valence-corrected chi connectivity index (χ2v) is 3.46. The Balaban J connectivity index is 3.22. The number of nitrogen functional groups attached to an aromatic ring is 2. The Morgan fingerprint density at radius 2 is 0.889 bits per heavy atom. The molecule has 0 aromatic heterocycles. The van der Waals surface area contributed by atoms with Crippen LogP contribution >= 0.6 is 0 Å². The summed E-state index contributed by atoms with van der Waals surface area (Å²) >= 11 is 0. The Morgan fingerprint density at radius 3 is 1.44 bits per heavy atom. The zero-order chi connectivity index (χ0) is 13.8. The molecule has 0 aliphatic heterocycles. The molecule has 2 aromatic rings. The van der Waals surface area contributed by atoms with Crippen molar-refractivity contribution in [3.8, 4) is 0 Å². The molecule has 96 valence electrons. The van der Waals surface area contributed by atoms with Crippen LogP contribution in [0.15, 0.2) is 0 Å². The van der Waals surface area contributed by atoms with Gasteiger partial charge < -0.3 is 11.5 Å². The zero-order valence-corrected chi connectivity index (χ0v) is 8.42. The minimum atomic E-state index is -2.12. The lowest BCUT2D eigenvalue weighted by atomic mass is 10.0. The van der Waals surface area contributed by atoms with Gasteiger partial charge in [0, 0.05) is 0 Å². The molecule has 0 spiro atoms. The first-order valence-corrected chi connectivity index (χ1v) is 4.46. The van der Waals surface area contributed by atoms with Crippen LogP contribution in [-0.2, 0) is 0 Å². The fraction of sp³-hybridized carbons (Fsp3) is 0. The standard InChI is InChI=1S/C10H4F6N2/c11-3-1-2(9(17)8(16)6(3)14)5(13)10(18)7(15)4(1)12/h17-18H2. The van der Waals surface area contributed by atoms with E-state index in [9.17, 15) is 26.3 Å². The summed E-state index contributed by atoms with van der Waals surface area (Å²) in [5.41, 5.74) is 7.40. The third-order valence-corrected chi connectivity index (χ3v) is 2.47. The molecule has 0 unspecified atom stereocenters. The van der Waals surface area contributed by atoms with E-state index in [1.54, 1.807) is 0 Å². The van der Waals surface area contributed by atoms with Crippen LogP contribution in [0.5, 0.6) is 0 Å². The van der Waals surface area contributed by atoms with Crippen LogP contribution in [0, 0.1) is 34.9 Å². The summed E-state index contributed by atoms with van der Waals surface area (Å²) < 4.78 is 79.4. The SMILES string of the molecule is Nc1c(F)c(F)c2c(F)c(F)c(F)c(N)c2c1F. The van der Waals surface area contributed by atoms with Gasteiger partial charge in [0.05, 0.1) is 16.5 Å². The molecule has 0 saturated heterocycles. The van der Waals surface area contributed by atoms with Crippen LogP contribution in [-0.4, -0.2) is 0 Å². The summed E-state index contributed by atoms with van der Waals surface area (Å²) in [4.78, 5) is 0. The van der Waals surface area contributed by atoms with Crippen LogP contribution in [0.1, 0.15) is 0 Å². The van der Waals surface area contributed by atoms with Crippen molar-refractivity contribution in [3.05, 3.63) is 34.9 Å². The van der Waals surface area contributed by atoms with Crippen molar-refractivity contribution in [2.75, 3.05) is 11.5 Å². The summed E-state index contributed by atoms with van der Waals surface area (Å²) in [5, 5.41) is -2.56. The largest absolute Gasteiger partial charge is 0.396 e. The summed E-state index contributed by atoms with van der Waals surface area (Å²) in [6.07, 6.45) is 0. The average molecular weight is 266 g/mol. The van der Waals surface area contributed by atoms with Gasteiger partial charge in [-0.2, -0.15) is 0 Å². The minimum absolute atomic E-state index is 1.14. The van der Waals surface area contributed by atoms with Gasteiger partial charge in [0.25, 0.3) is 0 Å². The Hall–Kier alpha value is -2.12. The monoisotopic (exact) mass is 266 g/mol. The lowest BCUT2D eigenvalue weighted by Crippen LogP contribution is -2.08. The highest BCUT2D eigenvalue weighted by Crippen LogP contribution is 2.37. The van der Waals surface area contributed by atoms with Crippen molar-refractivity contribution in [1.29, 1.82) is 0 Å². The Bertz CT molecular complexity index is 569. The van der Waals surface area contributed by atoms with Crippen LogP contribution in [0.2, 0.25) is 0 Å². The van der Waals surface area contributed by atoms with Crippen molar-refractivity contribution in [3.63, 3.8) is 0 Å². The van der Waals surface area contributed by atoms with E-state index in [0.29, 0.717) is 0 Å². The topological polar surface area (TPSA) is 52.0 Å². The number of rotatable bonds is 0. The maximum absolute atomic E-state index is 13.5. The van der Waals surface area contributed by atoms with E-state index in [0.717, 1.165) is 0 Å². The van der Waals surface area contributed by atoms with Crippen molar-refractivity contribution < 1.29 is 26.3 Å². The fourth-order valence-electron chi connectivity index (χ4n) is 1.57. The van der Waals surface area contributed by atoms with E-state index >= 15 is 0 Å². The van der Waals surface area contributed by atoms with Gasteiger partial charge in [0.1, 0.15) is 5.69 Å². The number of fused-ring (bicyclic) bond motifs is 1. The Morgan fingerprint density at radius 1 is 0.444 bits per heavy atom. The van der Waals surface area contributed by atoms with E-state index in [2.05, 4.69) is 0 Å². The van der Waals surface area contributed by atoms with Crippen LogP contribution in [0.4, 0.5) is 37.7 Å². The first-order valence-electron chi connectivity index (χ1n) is 4.46. The minimum Gasteiger partial charge on any atom is -0.396 e. The molecule has 0 bridgehead atoms. The van der Waals surface area contributed by atoms with Gasteiger partial charge in [0.2, 0.25) is 0 Å². The molecule has 0 aliphatic carbocycles. The van der Waals surface area contributed by atoms with Crippen LogP contribution in [0.25, 0.3) is 10.8 Å². The lowest BCUT2D eigenvalue weighted by molar-refractivity contribution is 0.448. The third kappa shape index (κ3) is 1.31. The van der Waals surface area contributed by atoms with E-state index in [1.807, 2.05) is 0 Å². The van der Waals surface area contributed by atoms with Gasteiger partial charge in [-0.3, -0.25) is 0 Å². The van der Waals surface area contributed by atoms with Gasteiger partial charge >= 0.3 is 0 Å². The molecule has 0 atom stereocenters. The van der Waals surface area contributed by atoms with Gasteiger partial charge in [-0.05, 0) is 0 Å². The second-order valence-electron chi connectivity index (χ2n) is 3.46. The first-order chi connectivity index (χ1) is 8.29. The smallest absolute Gasteiger partial charge is 0.197 e. The van der Waals surface area contributed by atoms with Gasteiger partial charge in [0.15, 0.2) is 34.9 Å². The number of hydrogen-bond donors (Lipinski definition) is 2. The average Bonchev–Trinajstić information content (AvgIpc) is 2.35. The van der Waals surface area contributed by atoms with Crippen LogP contribution < -0.4 is 11.5 Å². The summed E-state index contributed by atoms with van der Waals surface area (Å²) in [6.45, 7) is 0. The molecule has 2 rings (SSSR count). The number of anilines is 2. The number of benzene rings is 2. The number of halogens is 6. The van der Waals surface area contributed by atoms with Gasteiger partial charge in [-0.15, -0.1) is 0 Å². The molecule has 8 heteroatoms.